The number of nitrogens with one attached hydrogen (secondary N) is 2. The Bertz CT molecular complexity index is 1290. The highest BCUT2D eigenvalue weighted by Gasteiger charge is 2.26. The number of ether oxygens (including phenoxy) is 4. The van der Waals surface area contributed by atoms with Crippen LogP contribution in [0.1, 0.15) is 71.2 Å². The minimum atomic E-state index is -0.666. The Kier molecular flexibility index (Phi) is 8.21. The monoisotopic (exact) mass is 564 g/mol. The number of H-pyrrole nitrogens is 1. The molecule has 1 aromatic carbocycles. The van der Waals surface area contributed by atoms with Crippen LogP contribution in [0.5, 0.6) is 0 Å². The molecule has 0 saturated carbocycles. The fourth-order valence-corrected chi connectivity index (χ4v) is 5.28. The molecule has 11 heteroatoms. The normalized spacial score (nSPS) is 20.6. The van der Waals surface area contributed by atoms with E-state index in [1.165, 1.54) is 0 Å². The van der Waals surface area contributed by atoms with Gasteiger partial charge in [-0.1, -0.05) is 23.2 Å². The number of carbonyl (C=O) groups is 1. The number of rotatable bonds is 6. The van der Waals surface area contributed by atoms with Gasteiger partial charge in [-0.25, -0.2) is 9.48 Å². The highest BCUT2D eigenvalue weighted by molar-refractivity contribution is 6.46. The van der Waals surface area contributed by atoms with Gasteiger partial charge in [-0.3, -0.25) is 5.32 Å². The number of amides is 1. The van der Waals surface area contributed by atoms with E-state index < -0.39 is 11.7 Å². The van der Waals surface area contributed by atoms with Crippen molar-refractivity contribution < 1.29 is 23.7 Å². The molecule has 2 N–H and O–H groups in total. The Labute approximate surface area is 232 Å². The molecule has 2 aliphatic rings. The Morgan fingerprint density at radius 1 is 1.18 bits per heavy atom. The second-order valence-electron chi connectivity index (χ2n) is 10.7. The van der Waals surface area contributed by atoms with Gasteiger partial charge in [0, 0.05) is 35.9 Å². The first kappa shape index (κ1) is 27.3. The molecule has 2 aromatic heterocycles. The van der Waals surface area contributed by atoms with Crippen LogP contribution in [0.25, 0.3) is 22.0 Å². The van der Waals surface area contributed by atoms with Gasteiger partial charge in [-0.15, -0.1) is 0 Å². The van der Waals surface area contributed by atoms with Crippen molar-refractivity contribution in [1.82, 2.24) is 14.8 Å². The lowest BCUT2D eigenvalue weighted by Gasteiger charge is -2.23. The molecule has 0 bridgehead atoms. The highest BCUT2D eigenvalue weighted by Crippen LogP contribution is 2.44. The number of anilines is 1. The molecule has 4 heterocycles. The predicted octanol–water partition coefficient (Wildman–Crippen LogP) is 7.43. The molecule has 38 heavy (non-hydrogen) atoms. The zero-order valence-corrected chi connectivity index (χ0v) is 23.5. The summed E-state index contributed by atoms with van der Waals surface area (Å²) in [7, 11) is 0. The first-order chi connectivity index (χ1) is 18.2. The van der Waals surface area contributed by atoms with Crippen molar-refractivity contribution in [3.8, 4) is 11.1 Å². The first-order valence-electron chi connectivity index (χ1n) is 13.1. The van der Waals surface area contributed by atoms with Gasteiger partial charge in [0.05, 0.1) is 39.7 Å². The zero-order valence-electron chi connectivity index (χ0n) is 21.9. The van der Waals surface area contributed by atoms with Crippen LogP contribution in [0.4, 0.5) is 10.5 Å². The summed E-state index contributed by atoms with van der Waals surface area (Å²) in [4.78, 5) is 16.2. The van der Waals surface area contributed by atoms with E-state index in [9.17, 15) is 4.79 Å². The molecule has 3 aromatic rings. The fraction of sp³-hybridized carbons (Fsp3) is 0.556. The topological polar surface area (TPSA) is 99.6 Å². The van der Waals surface area contributed by atoms with Gasteiger partial charge in [-0.05, 0) is 65.4 Å². The smallest absolute Gasteiger partial charge is 0.412 e. The Hall–Kier alpha value is -2.30. The molecule has 1 amide bonds. The van der Waals surface area contributed by atoms with Gasteiger partial charge in [0.25, 0.3) is 0 Å². The molecule has 206 valence electrons. The van der Waals surface area contributed by atoms with E-state index in [-0.39, 0.29) is 19.1 Å². The van der Waals surface area contributed by atoms with E-state index in [2.05, 4.69) is 15.4 Å². The summed E-state index contributed by atoms with van der Waals surface area (Å²) in [5.74, 6) is 0. The maximum atomic E-state index is 12.8. The van der Waals surface area contributed by atoms with Crippen LogP contribution in [0.15, 0.2) is 18.5 Å². The molecule has 2 unspecified atom stereocenters. The molecule has 2 atom stereocenters. The van der Waals surface area contributed by atoms with Crippen molar-refractivity contribution in [3.05, 3.63) is 34.2 Å². The van der Waals surface area contributed by atoms with Crippen molar-refractivity contribution in [2.24, 2.45) is 0 Å². The summed E-state index contributed by atoms with van der Waals surface area (Å²) < 4.78 is 25.2. The molecule has 5 rings (SSSR count). The summed E-state index contributed by atoms with van der Waals surface area (Å²) in [6, 6.07) is 1.64. The van der Waals surface area contributed by atoms with E-state index in [1.807, 2.05) is 31.6 Å². The van der Waals surface area contributed by atoms with Gasteiger partial charge in [0.15, 0.2) is 6.29 Å². The predicted molar refractivity (Wildman–Crippen MR) is 147 cm³/mol. The van der Waals surface area contributed by atoms with E-state index in [0.717, 1.165) is 55.3 Å². The molecular weight excluding hydrogens is 531 g/mol. The Morgan fingerprint density at radius 2 is 1.95 bits per heavy atom. The molecule has 2 aliphatic heterocycles. The summed E-state index contributed by atoms with van der Waals surface area (Å²) in [5.41, 5.74) is 2.80. The summed E-state index contributed by atoms with van der Waals surface area (Å²) in [5, 5.41) is 8.82. The second kappa shape index (κ2) is 11.4. The molecule has 0 aliphatic carbocycles. The van der Waals surface area contributed by atoms with Crippen LogP contribution >= 0.6 is 23.2 Å². The summed E-state index contributed by atoms with van der Waals surface area (Å²) >= 11 is 13.2. The molecule has 0 radical (unpaired) electrons. The maximum absolute atomic E-state index is 12.8. The van der Waals surface area contributed by atoms with Gasteiger partial charge in [0.1, 0.15) is 11.8 Å². The summed E-state index contributed by atoms with van der Waals surface area (Å²) in [6.07, 6.45) is 8.74. The van der Waals surface area contributed by atoms with Crippen LogP contribution in [0, 0.1) is 0 Å². The number of aromatic nitrogens is 3. The number of benzene rings is 1. The first-order valence-corrected chi connectivity index (χ1v) is 13.9. The Balaban J connectivity index is 1.58. The molecule has 9 nitrogen and oxygen atoms in total. The van der Waals surface area contributed by atoms with Gasteiger partial charge in [0.2, 0.25) is 0 Å². The van der Waals surface area contributed by atoms with E-state index in [4.69, 9.17) is 42.1 Å². The lowest BCUT2D eigenvalue weighted by Crippen LogP contribution is -2.27. The van der Waals surface area contributed by atoms with Crippen LogP contribution in [0.2, 0.25) is 10.0 Å². The second-order valence-corrected chi connectivity index (χ2v) is 11.5. The average Bonchev–Trinajstić information content (AvgIpc) is 3.51. The third-order valence-electron chi connectivity index (χ3n) is 6.58. The van der Waals surface area contributed by atoms with Crippen molar-refractivity contribution >= 4 is 45.9 Å². The maximum Gasteiger partial charge on any atom is 0.412 e. The zero-order chi connectivity index (χ0) is 26.9. The number of halogens is 2. The highest BCUT2D eigenvalue weighted by atomic mass is 35.5. The lowest BCUT2D eigenvalue weighted by molar-refractivity contribution is -0.169. The van der Waals surface area contributed by atoms with Crippen LogP contribution in [-0.2, 0) is 25.6 Å². The number of aromatic amines is 1. The number of nitrogens with zero attached hydrogens (tertiary/aromatic N) is 2. The lowest BCUT2D eigenvalue weighted by atomic mass is 10.0. The third kappa shape index (κ3) is 6.13. The third-order valence-corrected chi connectivity index (χ3v) is 7.36. The minimum absolute atomic E-state index is 0.115. The van der Waals surface area contributed by atoms with Crippen molar-refractivity contribution in [2.45, 2.75) is 84.0 Å². The van der Waals surface area contributed by atoms with Crippen molar-refractivity contribution in [3.63, 3.8) is 0 Å². The molecule has 0 spiro atoms. The number of fused-ring (bicyclic) bond motifs is 1. The van der Waals surface area contributed by atoms with Crippen molar-refractivity contribution in [1.29, 1.82) is 0 Å². The standard InChI is InChI=1S/C27H34Cl2N4O5/c1-27(2,3)38-26(34)32-18-12-17(28)24(29)25-23(18)22(19(31-25)15-37-21-9-5-7-11-36-21)16-13-30-33(14-16)20-8-4-6-10-35-20/h12-14,20-21,31H,4-11,15H2,1-3H3,(H,32,34). The van der Waals surface area contributed by atoms with E-state index >= 15 is 0 Å². The van der Waals surface area contributed by atoms with Gasteiger partial charge < -0.3 is 23.9 Å². The van der Waals surface area contributed by atoms with Crippen molar-refractivity contribution in [2.75, 3.05) is 18.5 Å². The van der Waals surface area contributed by atoms with Gasteiger partial charge >= 0.3 is 6.09 Å². The van der Waals surface area contributed by atoms with E-state index in [1.54, 1.807) is 12.3 Å². The fourth-order valence-electron chi connectivity index (χ4n) is 4.88. The average molecular weight is 565 g/mol. The number of hydrogen-bond acceptors (Lipinski definition) is 6. The van der Waals surface area contributed by atoms with E-state index in [0.29, 0.717) is 39.8 Å². The van der Waals surface area contributed by atoms with Crippen LogP contribution < -0.4 is 5.32 Å². The molecule has 2 fully saturated rings. The Morgan fingerprint density at radius 3 is 2.63 bits per heavy atom. The molecule has 2 saturated heterocycles. The number of hydrogen-bond donors (Lipinski definition) is 2. The SMILES string of the molecule is CC(C)(C)OC(=O)Nc1cc(Cl)c(Cl)c2[nH]c(COC3CCCCO3)c(-c3cnn(C4CCCCO4)c3)c12. The summed E-state index contributed by atoms with van der Waals surface area (Å²) in [6.45, 7) is 7.07. The number of carbonyl (C=O) groups excluding carboxylic acids is 1. The minimum Gasteiger partial charge on any atom is -0.444 e. The quantitative estimate of drug-likeness (QED) is 0.323. The van der Waals surface area contributed by atoms with Crippen LogP contribution in [-0.4, -0.2) is 46.0 Å². The largest absolute Gasteiger partial charge is 0.444 e. The molecular formula is C27H34Cl2N4O5. The van der Waals surface area contributed by atoms with Crippen LogP contribution in [0.3, 0.4) is 0 Å². The van der Waals surface area contributed by atoms with Gasteiger partial charge in [-0.2, -0.15) is 5.10 Å².